The maximum atomic E-state index is 3.78. The molecule has 0 radical (unpaired) electrons. The maximum Gasteiger partial charge on any atom is 0.0714 e. The molecule has 0 heterocycles. The first-order chi connectivity index (χ1) is 19.8. The molecule has 0 nitrogen and oxygen atoms in total. The van der Waals surface area contributed by atoms with E-state index in [2.05, 4.69) is 168 Å². The van der Waals surface area contributed by atoms with E-state index in [9.17, 15) is 0 Å². The Morgan fingerprint density at radius 2 is 1.02 bits per heavy atom. The van der Waals surface area contributed by atoms with Gasteiger partial charge in [-0.05, 0) is 78.2 Å². The number of benzene rings is 7. The Hall–Kier alpha value is -4.46. The molecular formula is C39H25Br. The summed E-state index contributed by atoms with van der Waals surface area (Å²) in [6, 6.07) is 55.8. The Labute approximate surface area is 242 Å². The van der Waals surface area contributed by atoms with E-state index in [1.165, 1.54) is 66.1 Å². The number of hydrogen-bond donors (Lipinski definition) is 0. The van der Waals surface area contributed by atoms with E-state index >= 15 is 0 Å². The van der Waals surface area contributed by atoms with Crippen LogP contribution in [-0.2, 0) is 5.41 Å². The van der Waals surface area contributed by atoms with Gasteiger partial charge < -0.3 is 0 Å². The predicted molar refractivity (Wildman–Crippen MR) is 172 cm³/mol. The molecule has 0 N–H and O–H groups in total. The van der Waals surface area contributed by atoms with E-state index in [0.29, 0.717) is 0 Å². The molecule has 0 aromatic heterocycles. The fraction of sp³-hybridized carbons (Fsp3) is 0.0256. The van der Waals surface area contributed by atoms with Gasteiger partial charge in [0, 0.05) is 4.47 Å². The summed E-state index contributed by atoms with van der Waals surface area (Å²) >= 11 is 3.78. The monoisotopic (exact) mass is 572 g/mol. The van der Waals surface area contributed by atoms with E-state index in [1.807, 2.05) is 0 Å². The van der Waals surface area contributed by atoms with Crippen LogP contribution in [0, 0.1) is 0 Å². The number of rotatable bonds is 3. The molecule has 7 aromatic rings. The van der Waals surface area contributed by atoms with Crippen LogP contribution in [-0.4, -0.2) is 0 Å². The summed E-state index contributed by atoms with van der Waals surface area (Å²) in [7, 11) is 0. The molecule has 40 heavy (non-hydrogen) atoms. The highest BCUT2D eigenvalue weighted by atomic mass is 79.9. The van der Waals surface area contributed by atoms with Crippen molar-refractivity contribution >= 4 is 37.5 Å². The van der Waals surface area contributed by atoms with Crippen LogP contribution in [0.4, 0.5) is 0 Å². The van der Waals surface area contributed by atoms with E-state index in [4.69, 9.17) is 0 Å². The zero-order valence-electron chi connectivity index (χ0n) is 21.8. The van der Waals surface area contributed by atoms with Crippen LogP contribution in [0.15, 0.2) is 156 Å². The van der Waals surface area contributed by atoms with E-state index in [1.54, 1.807) is 0 Å². The van der Waals surface area contributed by atoms with Crippen molar-refractivity contribution in [2.45, 2.75) is 5.41 Å². The molecule has 1 aliphatic rings. The van der Waals surface area contributed by atoms with Crippen LogP contribution in [0.1, 0.15) is 22.3 Å². The molecule has 0 amide bonds. The average molecular weight is 574 g/mol. The average Bonchev–Trinajstić information content (AvgIpc) is 3.33. The lowest BCUT2D eigenvalue weighted by molar-refractivity contribution is 0.769. The lowest BCUT2D eigenvalue weighted by Gasteiger charge is -2.34. The Morgan fingerprint density at radius 1 is 0.425 bits per heavy atom. The normalized spacial score (nSPS) is 13.3. The van der Waals surface area contributed by atoms with Gasteiger partial charge in [-0.25, -0.2) is 0 Å². The first-order valence-electron chi connectivity index (χ1n) is 13.7. The van der Waals surface area contributed by atoms with E-state index in [-0.39, 0.29) is 0 Å². The zero-order chi connectivity index (χ0) is 26.7. The molecule has 7 aromatic carbocycles. The molecule has 0 fully saturated rings. The Morgan fingerprint density at radius 3 is 1.75 bits per heavy atom. The summed E-state index contributed by atoms with van der Waals surface area (Å²) < 4.78 is 1.12. The quantitative estimate of drug-likeness (QED) is 0.197. The summed E-state index contributed by atoms with van der Waals surface area (Å²) in [6.07, 6.45) is 0. The van der Waals surface area contributed by atoms with Gasteiger partial charge in [-0.3, -0.25) is 0 Å². The third-order valence-corrected chi connectivity index (χ3v) is 9.31. The van der Waals surface area contributed by atoms with E-state index < -0.39 is 5.41 Å². The van der Waals surface area contributed by atoms with Gasteiger partial charge in [-0.2, -0.15) is 0 Å². The highest BCUT2D eigenvalue weighted by molar-refractivity contribution is 9.10. The Bertz CT molecular complexity index is 2020. The van der Waals surface area contributed by atoms with Gasteiger partial charge >= 0.3 is 0 Å². The second kappa shape index (κ2) is 9.05. The maximum absolute atomic E-state index is 3.78. The van der Waals surface area contributed by atoms with Crippen molar-refractivity contribution in [3.05, 3.63) is 178 Å². The van der Waals surface area contributed by atoms with Crippen molar-refractivity contribution in [2.24, 2.45) is 0 Å². The lowest BCUT2D eigenvalue weighted by atomic mass is 9.67. The van der Waals surface area contributed by atoms with Crippen molar-refractivity contribution in [3.63, 3.8) is 0 Å². The Balaban J connectivity index is 1.53. The smallest absolute Gasteiger partial charge is 0.0622 e. The molecule has 0 bridgehead atoms. The minimum atomic E-state index is -0.432. The van der Waals surface area contributed by atoms with Gasteiger partial charge in [0.25, 0.3) is 0 Å². The minimum absolute atomic E-state index is 0.432. The molecule has 0 spiro atoms. The third-order valence-electron chi connectivity index (χ3n) is 8.62. The van der Waals surface area contributed by atoms with Crippen molar-refractivity contribution < 1.29 is 0 Å². The zero-order valence-corrected chi connectivity index (χ0v) is 23.4. The molecule has 0 unspecified atom stereocenters. The first kappa shape index (κ1) is 23.4. The van der Waals surface area contributed by atoms with Crippen molar-refractivity contribution in [1.29, 1.82) is 0 Å². The molecule has 0 atom stereocenters. The summed E-state index contributed by atoms with van der Waals surface area (Å²) in [5.41, 5.74) is 9.95. The van der Waals surface area contributed by atoms with Crippen LogP contribution in [0.2, 0.25) is 0 Å². The van der Waals surface area contributed by atoms with Gasteiger partial charge in [0.05, 0.1) is 5.41 Å². The highest BCUT2D eigenvalue weighted by Gasteiger charge is 2.46. The molecule has 1 aliphatic carbocycles. The second-order valence-corrected chi connectivity index (χ2v) is 11.4. The standard InChI is InChI=1S/C39H25Br/c40-37-24-22-30(32-17-9-10-18-33(32)37)27-19-21-34-36(25-27)39(28-12-3-1-4-13-28,29-14-5-2-6-15-29)35-23-20-26-11-7-8-16-31(26)38(34)35/h1-25H. The van der Waals surface area contributed by atoms with Crippen molar-refractivity contribution in [2.75, 3.05) is 0 Å². The van der Waals surface area contributed by atoms with E-state index in [0.717, 1.165) is 4.47 Å². The largest absolute Gasteiger partial charge is 0.0714 e. The van der Waals surface area contributed by atoms with Crippen LogP contribution in [0.5, 0.6) is 0 Å². The summed E-state index contributed by atoms with van der Waals surface area (Å²) in [5, 5.41) is 5.05. The fourth-order valence-electron chi connectivity index (χ4n) is 6.94. The number of halogens is 1. The van der Waals surface area contributed by atoms with Crippen LogP contribution in [0.25, 0.3) is 43.8 Å². The van der Waals surface area contributed by atoms with Crippen LogP contribution < -0.4 is 0 Å². The molecule has 0 aliphatic heterocycles. The Kier molecular flexibility index (Phi) is 5.30. The predicted octanol–water partition coefficient (Wildman–Crippen LogP) is 10.8. The number of hydrogen-bond acceptors (Lipinski definition) is 0. The van der Waals surface area contributed by atoms with Gasteiger partial charge in [0.2, 0.25) is 0 Å². The molecule has 0 saturated carbocycles. The van der Waals surface area contributed by atoms with Gasteiger partial charge in [0.15, 0.2) is 0 Å². The minimum Gasteiger partial charge on any atom is -0.0622 e. The number of fused-ring (bicyclic) bond motifs is 6. The van der Waals surface area contributed by atoms with Gasteiger partial charge in [0.1, 0.15) is 0 Å². The summed E-state index contributed by atoms with van der Waals surface area (Å²) in [4.78, 5) is 0. The van der Waals surface area contributed by atoms with Gasteiger partial charge in [-0.15, -0.1) is 0 Å². The molecular weight excluding hydrogens is 548 g/mol. The summed E-state index contributed by atoms with van der Waals surface area (Å²) in [5.74, 6) is 0. The molecule has 8 rings (SSSR count). The SMILES string of the molecule is Brc1ccc(-c2ccc3c(c2)C(c2ccccc2)(c2ccccc2)c2ccc4ccccc4c2-3)c2ccccc12. The van der Waals surface area contributed by atoms with Crippen LogP contribution >= 0.6 is 15.9 Å². The summed E-state index contributed by atoms with van der Waals surface area (Å²) in [6.45, 7) is 0. The highest BCUT2D eigenvalue weighted by Crippen LogP contribution is 2.58. The van der Waals surface area contributed by atoms with Gasteiger partial charge in [-0.1, -0.05) is 155 Å². The van der Waals surface area contributed by atoms with Crippen molar-refractivity contribution in [3.8, 4) is 22.3 Å². The second-order valence-electron chi connectivity index (χ2n) is 10.6. The topological polar surface area (TPSA) is 0 Å². The first-order valence-corrected chi connectivity index (χ1v) is 14.5. The fourth-order valence-corrected chi connectivity index (χ4v) is 7.42. The third kappa shape index (κ3) is 3.25. The molecule has 0 saturated heterocycles. The van der Waals surface area contributed by atoms with Crippen LogP contribution in [0.3, 0.4) is 0 Å². The molecule has 188 valence electrons. The van der Waals surface area contributed by atoms with Crippen molar-refractivity contribution in [1.82, 2.24) is 0 Å². The molecule has 1 heteroatoms. The lowest BCUT2D eigenvalue weighted by Crippen LogP contribution is -2.28.